The van der Waals surface area contributed by atoms with E-state index in [4.69, 9.17) is 4.74 Å². The molecule has 0 aliphatic carbocycles. The maximum Gasteiger partial charge on any atom is 0.233 e. The minimum absolute atomic E-state index is 0.00343. The Morgan fingerprint density at radius 1 is 1.04 bits per heavy atom. The fourth-order valence-corrected chi connectivity index (χ4v) is 2.41. The van der Waals surface area contributed by atoms with Gasteiger partial charge in [0.25, 0.3) is 0 Å². The standard InChI is InChI=1S/C15H20N4O3S/c1-3-23(20,21)19-15-9-8-14(17-18-15)16-11-10-12-4-6-13(22-2)7-5-12/h4-9H,3,10-11H2,1-2H3,(H,16,17)(H,18,19). The lowest BCUT2D eigenvalue weighted by atomic mass is 10.1. The molecule has 0 fully saturated rings. The number of nitrogens with zero attached hydrogens (tertiary/aromatic N) is 2. The van der Waals surface area contributed by atoms with Crippen molar-refractivity contribution in [1.82, 2.24) is 10.2 Å². The Hall–Kier alpha value is -2.35. The van der Waals surface area contributed by atoms with Crippen LogP contribution in [0.1, 0.15) is 12.5 Å². The maximum atomic E-state index is 11.4. The molecule has 0 unspecified atom stereocenters. The highest BCUT2D eigenvalue weighted by atomic mass is 32.2. The summed E-state index contributed by atoms with van der Waals surface area (Å²) in [5.41, 5.74) is 1.18. The van der Waals surface area contributed by atoms with Crippen LogP contribution in [0.2, 0.25) is 0 Å². The van der Waals surface area contributed by atoms with Crippen LogP contribution in [0.15, 0.2) is 36.4 Å². The van der Waals surface area contributed by atoms with Gasteiger partial charge in [-0.25, -0.2) is 8.42 Å². The lowest BCUT2D eigenvalue weighted by Gasteiger charge is -2.07. The van der Waals surface area contributed by atoms with Gasteiger partial charge in [-0.3, -0.25) is 4.72 Å². The van der Waals surface area contributed by atoms with E-state index in [1.54, 1.807) is 26.2 Å². The van der Waals surface area contributed by atoms with Crippen LogP contribution in [-0.4, -0.2) is 38.0 Å². The van der Waals surface area contributed by atoms with E-state index < -0.39 is 10.0 Å². The van der Waals surface area contributed by atoms with E-state index in [1.807, 2.05) is 24.3 Å². The average Bonchev–Trinajstić information content (AvgIpc) is 2.57. The zero-order chi connectivity index (χ0) is 16.7. The predicted octanol–water partition coefficient (Wildman–Crippen LogP) is 1.90. The second kappa shape index (κ2) is 7.77. The van der Waals surface area contributed by atoms with Crippen molar-refractivity contribution in [2.75, 3.05) is 29.4 Å². The SMILES string of the molecule is CCS(=O)(=O)Nc1ccc(NCCc2ccc(OC)cc2)nn1. The number of hydrogen-bond acceptors (Lipinski definition) is 6. The number of aromatic nitrogens is 2. The summed E-state index contributed by atoms with van der Waals surface area (Å²) in [4.78, 5) is 0. The van der Waals surface area contributed by atoms with Gasteiger partial charge in [0.15, 0.2) is 5.82 Å². The fraction of sp³-hybridized carbons (Fsp3) is 0.333. The summed E-state index contributed by atoms with van der Waals surface area (Å²) in [5.74, 6) is 1.64. The van der Waals surface area contributed by atoms with E-state index in [0.29, 0.717) is 12.4 Å². The van der Waals surface area contributed by atoms with E-state index in [1.165, 1.54) is 5.56 Å². The molecule has 1 aromatic carbocycles. The molecule has 0 aliphatic rings. The fourth-order valence-electron chi connectivity index (χ4n) is 1.84. The largest absolute Gasteiger partial charge is 0.497 e. The van der Waals surface area contributed by atoms with E-state index in [9.17, 15) is 8.42 Å². The van der Waals surface area contributed by atoms with Crippen LogP contribution < -0.4 is 14.8 Å². The molecule has 8 heteroatoms. The lowest BCUT2D eigenvalue weighted by molar-refractivity contribution is 0.414. The summed E-state index contributed by atoms with van der Waals surface area (Å²) >= 11 is 0. The first kappa shape index (κ1) is 17.0. The van der Waals surface area contributed by atoms with Gasteiger partial charge in [0.2, 0.25) is 10.0 Å². The molecule has 2 rings (SSSR count). The minimum Gasteiger partial charge on any atom is -0.497 e. The van der Waals surface area contributed by atoms with Crippen molar-refractivity contribution < 1.29 is 13.2 Å². The predicted molar refractivity (Wildman–Crippen MR) is 90.3 cm³/mol. The second-order valence-electron chi connectivity index (χ2n) is 4.83. The van der Waals surface area contributed by atoms with Crippen LogP contribution in [0.25, 0.3) is 0 Å². The number of methoxy groups -OCH3 is 1. The number of rotatable bonds is 8. The van der Waals surface area contributed by atoms with Gasteiger partial charge in [-0.2, -0.15) is 0 Å². The average molecular weight is 336 g/mol. The number of nitrogens with one attached hydrogen (secondary N) is 2. The molecule has 0 atom stereocenters. The molecule has 2 N–H and O–H groups in total. The van der Waals surface area contributed by atoms with E-state index >= 15 is 0 Å². The first-order valence-corrected chi connectivity index (χ1v) is 8.88. The lowest BCUT2D eigenvalue weighted by Crippen LogP contribution is -2.16. The molecule has 0 radical (unpaired) electrons. The molecule has 23 heavy (non-hydrogen) atoms. The van der Waals surface area contributed by atoms with Crippen LogP contribution in [-0.2, 0) is 16.4 Å². The third-order valence-electron chi connectivity index (χ3n) is 3.18. The van der Waals surface area contributed by atoms with Crippen LogP contribution >= 0.6 is 0 Å². The van der Waals surface area contributed by atoms with Crippen molar-refractivity contribution in [2.45, 2.75) is 13.3 Å². The van der Waals surface area contributed by atoms with E-state index in [0.717, 1.165) is 12.2 Å². The zero-order valence-corrected chi connectivity index (χ0v) is 13.9. The summed E-state index contributed by atoms with van der Waals surface area (Å²) in [6.07, 6.45) is 0.829. The van der Waals surface area contributed by atoms with E-state index in [2.05, 4.69) is 20.2 Å². The number of sulfonamides is 1. The highest BCUT2D eigenvalue weighted by molar-refractivity contribution is 7.92. The third kappa shape index (κ3) is 5.41. The smallest absolute Gasteiger partial charge is 0.233 e. The quantitative estimate of drug-likeness (QED) is 0.765. The Bertz CT molecular complexity index is 715. The summed E-state index contributed by atoms with van der Waals surface area (Å²) in [7, 11) is -1.69. The monoisotopic (exact) mass is 336 g/mol. The first-order valence-electron chi connectivity index (χ1n) is 7.23. The van der Waals surface area contributed by atoms with Crippen molar-refractivity contribution >= 4 is 21.7 Å². The molecule has 0 aliphatic heterocycles. The molecule has 1 heterocycles. The van der Waals surface area contributed by atoms with Crippen molar-refractivity contribution in [3.8, 4) is 5.75 Å². The van der Waals surface area contributed by atoms with Crippen molar-refractivity contribution in [2.24, 2.45) is 0 Å². The molecule has 124 valence electrons. The Kier molecular flexibility index (Phi) is 5.75. The van der Waals surface area contributed by atoms with Crippen LogP contribution in [0, 0.1) is 0 Å². The Balaban J connectivity index is 1.84. The number of hydrogen-bond donors (Lipinski definition) is 2. The number of ether oxygens (including phenoxy) is 1. The molecular weight excluding hydrogens is 316 g/mol. The van der Waals surface area contributed by atoms with Gasteiger partial charge < -0.3 is 10.1 Å². The van der Waals surface area contributed by atoms with Crippen LogP contribution in [0.5, 0.6) is 5.75 Å². The second-order valence-corrected chi connectivity index (χ2v) is 6.85. The van der Waals surface area contributed by atoms with Gasteiger partial charge in [-0.05, 0) is 43.2 Å². The topological polar surface area (TPSA) is 93.2 Å². The van der Waals surface area contributed by atoms with Crippen molar-refractivity contribution in [3.63, 3.8) is 0 Å². The summed E-state index contributed by atoms with van der Waals surface area (Å²) in [6.45, 7) is 2.26. The Morgan fingerprint density at radius 3 is 2.26 bits per heavy atom. The molecule has 7 nitrogen and oxygen atoms in total. The van der Waals surface area contributed by atoms with Gasteiger partial charge in [-0.15, -0.1) is 10.2 Å². The number of benzene rings is 1. The van der Waals surface area contributed by atoms with Crippen LogP contribution in [0.4, 0.5) is 11.6 Å². The van der Waals surface area contributed by atoms with Crippen molar-refractivity contribution in [1.29, 1.82) is 0 Å². The van der Waals surface area contributed by atoms with Gasteiger partial charge in [0.1, 0.15) is 11.6 Å². The molecule has 0 amide bonds. The molecular formula is C15H20N4O3S. The molecule has 1 aromatic heterocycles. The zero-order valence-electron chi connectivity index (χ0n) is 13.1. The number of anilines is 2. The molecule has 0 bridgehead atoms. The Labute approximate surface area is 136 Å². The normalized spacial score (nSPS) is 11.0. The van der Waals surface area contributed by atoms with Gasteiger partial charge in [0, 0.05) is 6.54 Å². The minimum atomic E-state index is -3.33. The van der Waals surface area contributed by atoms with Crippen LogP contribution in [0.3, 0.4) is 0 Å². The molecule has 2 aromatic rings. The summed E-state index contributed by atoms with van der Waals surface area (Å²) in [6, 6.07) is 11.1. The third-order valence-corrected chi connectivity index (χ3v) is 4.46. The molecule has 0 saturated heterocycles. The van der Waals surface area contributed by atoms with E-state index in [-0.39, 0.29) is 11.6 Å². The molecule has 0 spiro atoms. The van der Waals surface area contributed by atoms with Crippen molar-refractivity contribution in [3.05, 3.63) is 42.0 Å². The van der Waals surface area contributed by atoms with Gasteiger partial charge in [0.05, 0.1) is 12.9 Å². The highest BCUT2D eigenvalue weighted by Gasteiger charge is 2.07. The maximum absolute atomic E-state index is 11.4. The Morgan fingerprint density at radius 2 is 1.70 bits per heavy atom. The molecule has 0 saturated carbocycles. The van der Waals surface area contributed by atoms with Gasteiger partial charge >= 0.3 is 0 Å². The summed E-state index contributed by atoms with van der Waals surface area (Å²) < 4.78 is 30.3. The highest BCUT2D eigenvalue weighted by Crippen LogP contribution is 2.12. The van der Waals surface area contributed by atoms with Gasteiger partial charge in [-0.1, -0.05) is 12.1 Å². The summed E-state index contributed by atoms with van der Waals surface area (Å²) in [5, 5.41) is 10.9. The first-order chi connectivity index (χ1) is 11.0.